The van der Waals surface area contributed by atoms with Crippen molar-refractivity contribution in [2.75, 3.05) is 18.7 Å². The summed E-state index contributed by atoms with van der Waals surface area (Å²) < 4.78 is 7.21. The third-order valence-electron chi connectivity index (χ3n) is 3.70. The first-order valence-corrected chi connectivity index (χ1v) is 6.45. The second-order valence-electron chi connectivity index (χ2n) is 5.03. The molecule has 19 heavy (non-hydrogen) atoms. The molecule has 0 aliphatic carbocycles. The number of aliphatic hydroxyl groups excluding tert-OH is 1. The van der Waals surface area contributed by atoms with E-state index in [2.05, 4.69) is 10.5 Å². The van der Waals surface area contributed by atoms with Crippen LogP contribution in [-0.2, 0) is 16.0 Å². The minimum atomic E-state index is -0.368. The van der Waals surface area contributed by atoms with Crippen LogP contribution in [0.5, 0.6) is 0 Å². The number of aromatic nitrogens is 2. The van der Waals surface area contributed by atoms with Gasteiger partial charge in [-0.05, 0) is 12.3 Å². The maximum atomic E-state index is 12.0. The largest absolute Gasteiger partial charge is 0.394 e. The van der Waals surface area contributed by atoms with Crippen LogP contribution >= 0.6 is 0 Å². The fourth-order valence-corrected chi connectivity index (χ4v) is 2.53. The topological polar surface area (TPSA) is 85.6 Å². The molecule has 3 rings (SSSR count). The maximum Gasteiger partial charge on any atom is 0.351 e. The number of nitrogens with zero attached hydrogens (tertiary/aromatic N) is 2. The van der Waals surface area contributed by atoms with Crippen molar-refractivity contribution in [2.45, 2.75) is 32.1 Å². The number of hydrogen-bond acceptors (Lipinski definition) is 6. The molecule has 2 aliphatic heterocycles. The van der Waals surface area contributed by atoms with Crippen LogP contribution in [0, 0.1) is 5.92 Å². The zero-order chi connectivity index (χ0) is 13.4. The Morgan fingerprint density at radius 3 is 3.21 bits per heavy atom. The predicted molar refractivity (Wildman–Crippen MR) is 66.6 cm³/mol. The molecule has 7 heteroatoms. The highest BCUT2D eigenvalue weighted by Crippen LogP contribution is 2.32. The van der Waals surface area contributed by atoms with Crippen LogP contribution in [0.4, 0.5) is 5.82 Å². The molecule has 0 saturated carbocycles. The molecule has 3 unspecified atom stereocenters. The Bertz CT molecular complexity index is 530. The zero-order valence-corrected chi connectivity index (χ0v) is 10.7. The molecule has 0 bridgehead atoms. The van der Waals surface area contributed by atoms with Crippen molar-refractivity contribution in [3.05, 3.63) is 22.2 Å². The van der Waals surface area contributed by atoms with Gasteiger partial charge in [0, 0.05) is 18.2 Å². The van der Waals surface area contributed by atoms with Crippen LogP contribution in [0.2, 0.25) is 0 Å². The highest BCUT2D eigenvalue weighted by atomic mass is 16.6. The molecule has 2 aliphatic rings. The molecule has 0 amide bonds. The molecule has 0 spiro atoms. The predicted octanol–water partition coefficient (Wildman–Crippen LogP) is 0.0588. The summed E-state index contributed by atoms with van der Waals surface area (Å²) in [5.41, 5.74) is 3.22. The number of rotatable bonds is 2. The van der Waals surface area contributed by atoms with Gasteiger partial charge in [0.2, 0.25) is 0 Å². The average Bonchev–Trinajstić information content (AvgIpc) is 2.79. The van der Waals surface area contributed by atoms with E-state index < -0.39 is 0 Å². The van der Waals surface area contributed by atoms with E-state index >= 15 is 0 Å². The molecular formula is C12H17N3O4. The van der Waals surface area contributed by atoms with Crippen LogP contribution in [0.3, 0.4) is 0 Å². The van der Waals surface area contributed by atoms with Gasteiger partial charge in [0.1, 0.15) is 6.23 Å². The van der Waals surface area contributed by atoms with Gasteiger partial charge >= 0.3 is 5.69 Å². The number of aliphatic hydroxyl groups is 1. The SMILES string of the molecule is CC1CC(n2cc3c(nc2=O)NOCC3)OC1CO. The fraction of sp³-hybridized carbons (Fsp3) is 0.667. The Kier molecular flexibility index (Phi) is 3.26. The number of nitrogens with one attached hydrogen (secondary N) is 1. The van der Waals surface area contributed by atoms with Crippen molar-refractivity contribution in [2.24, 2.45) is 5.92 Å². The molecule has 1 saturated heterocycles. The van der Waals surface area contributed by atoms with Gasteiger partial charge in [-0.15, -0.1) is 0 Å². The smallest absolute Gasteiger partial charge is 0.351 e. The monoisotopic (exact) mass is 267 g/mol. The van der Waals surface area contributed by atoms with Crippen molar-refractivity contribution in [3.63, 3.8) is 0 Å². The second-order valence-corrected chi connectivity index (χ2v) is 5.03. The summed E-state index contributed by atoms with van der Waals surface area (Å²) in [4.78, 5) is 21.0. The standard InChI is InChI=1S/C12H17N3O4/c1-7-4-10(19-9(7)6-16)15-5-8-2-3-18-14-11(8)13-12(15)17/h5,7,9-10,16H,2-4,6H2,1H3,(H,13,14,17). The minimum absolute atomic E-state index is 0.0276. The van der Waals surface area contributed by atoms with Crippen LogP contribution in [0.1, 0.15) is 25.1 Å². The Labute approximate surface area is 110 Å². The molecule has 1 fully saturated rings. The van der Waals surface area contributed by atoms with E-state index in [9.17, 15) is 9.90 Å². The Morgan fingerprint density at radius 2 is 2.47 bits per heavy atom. The van der Waals surface area contributed by atoms with Gasteiger partial charge in [-0.1, -0.05) is 6.92 Å². The Morgan fingerprint density at radius 1 is 1.63 bits per heavy atom. The van der Waals surface area contributed by atoms with Crippen LogP contribution < -0.4 is 11.2 Å². The first-order valence-electron chi connectivity index (χ1n) is 6.45. The fourth-order valence-electron chi connectivity index (χ4n) is 2.53. The average molecular weight is 267 g/mol. The van der Waals surface area contributed by atoms with E-state index in [1.807, 2.05) is 6.92 Å². The molecule has 2 N–H and O–H groups in total. The van der Waals surface area contributed by atoms with Gasteiger partial charge < -0.3 is 9.84 Å². The minimum Gasteiger partial charge on any atom is -0.394 e. The van der Waals surface area contributed by atoms with Gasteiger partial charge in [-0.3, -0.25) is 9.40 Å². The Hall–Kier alpha value is -1.44. The van der Waals surface area contributed by atoms with E-state index in [0.717, 1.165) is 5.56 Å². The molecule has 3 atom stereocenters. The molecule has 1 aromatic rings. The summed E-state index contributed by atoms with van der Waals surface area (Å²) in [6.07, 6.45) is 2.63. The first-order chi connectivity index (χ1) is 9.19. The van der Waals surface area contributed by atoms with Crippen molar-refractivity contribution in [1.29, 1.82) is 0 Å². The quantitative estimate of drug-likeness (QED) is 0.788. The third kappa shape index (κ3) is 2.24. The molecular weight excluding hydrogens is 250 g/mol. The summed E-state index contributed by atoms with van der Waals surface area (Å²) in [6, 6.07) is 0. The summed E-state index contributed by atoms with van der Waals surface area (Å²) in [7, 11) is 0. The summed E-state index contributed by atoms with van der Waals surface area (Å²) >= 11 is 0. The van der Waals surface area contributed by atoms with Crippen molar-refractivity contribution in [3.8, 4) is 0 Å². The lowest BCUT2D eigenvalue weighted by atomic mass is 10.0. The highest BCUT2D eigenvalue weighted by Gasteiger charge is 2.33. The lowest BCUT2D eigenvalue weighted by molar-refractivity contribution is -0.0314. The number of anilines is 1. The highest BCUT2D eigenvalue weighted by molar-refractivity contribution is 5.41. The maximum absolute atomic E-state index is 12.0. The van der Waals surface area contributed by atoms with E-state index in [4.69, 9.17) is 9.57 Å². The van der Waals surface area contributed by atoms with E-state index in [0.29, 0.717) is 25.3 Å². The number of fused-ring (bicyclic) bond motifs is 1. The lowest BCUT2D eigenvalue weighted by Crippen LogP contribution is -2.31. The van der Waals surface area contributed by atoms with Gasteiger partial charge in [0.15, 0.2) is 5.82 Å². The van der Waals surface area contributed by atoms with Gasteiger partial charge in [-0.2, -0.15) is 4.98 Å². The normalized spacial score (nSPS) is 29.9. The van der Waals surface area contributed by atoms with Crippen molar-refractivity contribution >= 4 is 5.82 Å². The molecule has 1 aromatic heterocycles. The second kappa shape index (κ2) is 4.92. The van der Waals surface area contributed by atoms with Gasteiger partial charge in [0.25, 0.3) is 0 Å². The van der Waals surface area contributed by atoms with Crippen LogP contribution in [-0.4, -0.2) is 34.0 Å². The molecule has 0 aromatic carbocycles. The van der Waals surface area contributed by atoms with Crippen molar-refractivity contribution in [1.82, 2.24) is 9.55 Å². The first kappa shape index (κ1) is 12.6. The van der Waals surface area contributed by atoms with Gasteiger partial charge in [-0.25, -0.2) is 10.3 Å². The van der Waals surface area contributed by atoms with Crippen molar-refractivity contribution < 1.29 is 14.7 Å². The molecule has 3 heterocycles. The molecule has 0 radical (unpaired) electrons. The zero-order valence-electron chi connectivity index (χ0n) is 10.7. The van der Waals surface area contributed by atoms with E-state index in [1.54, 1.807) is 6.20 Å². The molecule has 7 nitrogen and oxygen atoms in total. The summed E-state index contributed by atoms with van der Waals surface area (Å²) in [5.74, 6) is 0.705. The summed E-state index contributed by atoms with van der Waals surface area (Å²) in [5, 5.41) is 9.21. The van der Waals surface area contributed by atoms with Gasteiger partial charge in [0.05, 0.1) is 19.3 Å². The number of ether oxygens (including phenoxy) is 1. The van der Waals surface area contributed by atoms with E-state index in [1.165, 1.54) is 4.57 Å². The lowest BCUT2D eigenvalue weighted by Gasteiger charge is -2.20. The molecule has 104 valence electrons. The number of hydrogen-bond donors (Lipinski definition) is 2. The Balaban J connectivity index is 1.91. The third-order valence-corrected chi connectivity index (χ3v) is 3.70. The van der Waals surface area contributed by atoms with Crippen LogP contribution in [0.15, 0.2) is 11.0 Å². The van der Waals surface area contributed by atoms with Crippen LogP contribution in [0.25, 0.3) is 0 Å². The van der Waals surface area contributed by atoms with E-state index in [-0.39, 0.29) is 30.5 Å². The summed E-state index contributed by atoms with van der Waals surface area (Å²) in [6.45, 7) is 2.53.